The van der Waals surface area contributed by atoms with Crippen molar-refractivity contribution in [2.75, 3.05) is 13.7 Å². The van der Waals surface area contributed by atoms with Gasteiger partial charge in [-0.2, -0.15) is 0 Å². The highest BCUT2D eigenvalue weighted by Gasteiger charge is 2.30. The summed E-state index contributed by atoms with van der Waals surface area (Å²) in [6.45, 7) is 1.85. The molecular weight excluding hydrogens is 168 g/mol. The highest BCUT2D eigenvalue weighted by Crippen LogP contribution is 2.27. The number of aliphatic hydroxyl groups is 1. The van der Waals surface area contributed by atoms with Crippen molar-refractivity contribution in [2.24, 2.45) is 11.3 Å². The van der Waals surface area contributed by atoms with E-state index in [1.807, 2.05) is 12.2 Å². The van der Waals surface area contributed by atoms with Crippen LogP contribution in [-0.2, 0) is 9.53 Å². The molecule has 0 unspecified atom stereocenters. The van der Waals surface area contributed by atoms with Gasteiger partial charge in [0.2, 0.25) is 0 Å². The summed E-state index contributed by atoms with van der Waals surface area (Å²) in [6, 6.07) is 0. The summed E-state index contributed by atoms with van der Waals surface area (Å²) in [5, 5.41) is 8.84. The molecule has 0 radical (unpaired) electrons. The second-order valence-corrected chi connectivity index (χ2v) is 3.34. The van der Waals surface area contributed by atoms with Crippen molar-refractivity contribution >= 4 is 5.97 Å². The fourth-order valence-electron chi connectivity index (χ4n) is 1.24. The monoisotopic (exact) mass is 182 g/mol. The Balaban J connectivity index is 2.76. The normalized spacial score (nSPS) is 31.8. The summed E-state index contributed by atoms with van der Waals surface area (Å²) in [5.74, 6) is -0.255. The molecule has 0 aliphatic heterocycles. The van der Waals surface area contributed by atoms with Crippen LogP contribution in [0.2, 0.25) is 0 Å². The van der Waals surface area contributed by atoms with Gasteiger partial charge in [-0.1, -0.05) is 24.3 Å². The summed E-state index contributed by atoms with van der Waals surface area (Å²) in [7, 11) is 1.37. The first-order valence-electron chi connectivity index (χ1n) is 4.20. The van der Waals surface area contributed by atoms with E-state index in [1.165, 1.54) is 7.11 Å². The maximum atomic E-state index is 11.3. The van der Waals surface area contributed by atoms with Crippen molar-refractivity contribution in [3.05, 3.63) is 24.3 Å². The summed E-state index contributed by atoms with van der Waals surface area (Å²) < 4.78 is 4.66. The highest BCUT2D eigenvalue weighted by atomic mass is 16.5. The van der Waals surface area contributed by atoms with Gasteiger partial charge in [0.1, 0.15) is 5.41 Å². The van der Waals surface area contributed by atoms with Crippen molar-refractivity contribution in [3.63, 3.8) is 0 Å². The molecule has 72 valence electrons. The number of carbonyl (C=O) groups excluding carboxylic acids is 1. The zero-order valence-electron chi connectivity index (χ0n) is 7.86. The van der Waals surface area contributed by atoms with Crippen molar-refractivity contribution in [1.82, 2.24) is 0 Å². The lowest BCUT2D eigenvalue weighted by molar-refractivity contribution is -0.146. The van der Waals surface area contributed by atoms with Gasteiger partial charge in [0.05, 0.1) is 13.7 Å². The molecule has 13 heavy (non-hydrogen) atoms. The van der Waals surface area contributed by atoms with Crippen LogP contribution in [-0.4, -0.2) is 24.8 Å². The molecule has 0 heterocycles. The van der Waals surface area contributed by atoms with Crippen molar-refractivity contribution in [3.8, 4) is 0 Å². The fourth-order valence-corrected chi connectivity index (χ4v) is 1.24. The largest absolute Gasteiger partial charge is 0.468 e. The molecule has 0 fully saturated rings. The molecule has 0 aromatic rings. The lowest BCUT2D eigenvalue weighted by Gasteiger charge is -2.23. The van der Waals surface area contributed by atoms with E-state index in [1.54, 1.807) is 19.1 Å². The number of hydrogen-bond donors (Lipinski definition) is 1. The second-order valence-electron chi connectivity index (χ2n) is 3.34. The third kappa shape index (κ3) is 1.98. The average Bonchev–Trinajstić information content (AvgIpc) is 2.18. The van der Waals surface area contributed by atoms with Crippen LogP contribution in [0, 0.1) is 11.3 Å². The molecule has 0 aromatic carbocycles. The van der Waals surface area contributed by atoms with Crippen LogP contribution in [0.1, 0.15) is 6.92 Å². The third-order valence-electron chi connectivity index (χ3n) is 2.22. The summed E-state index contributed by atoms with van der Waals surface area (Å²) in [6.07, 6.45) is 7.16. The van der Waals surface area contributed by atoms with Gasteiger partial charge in [0.25, 0.3) is 0 Å². The van der Waals surface area contributed by atoms with Gasteiger partial charge < -0.3 is 9.84 Å². The zero-order chi connectivity index (χ0) is 9.90. The minimum Gasteiger partial charge on any atom is -0.468 e. The number of rotatable bonds is 2. The van der Waals surface area contributed by atoms with E-state index < -0.39 is 5.41 Å². The minimum absolute atomic E-state index is 0.0257. The number of methoxy groups -OCH3 is 1. The topological polar surface area (TPSA) is 46.5 Å². The molecule has 3 heteroatoms. The standard InChI is InChI=1S/C10H14O3/c1-10(9(12)13-2)5-3-8(7-11)4-6-10/h3-6,8,11H,7H2,1-2H3. The zero-order valence-corrected chi connectivity index (χ0v) is 7.86. The SMILES string of the molecule is COC(=O)C1(C)C=CC(CO)C=C1. The van der Waals surface area contributed by atoms with E-state index in [9.17, 15) is 4.79 Å². The van der Waals surface area contributed by atoms with E-state index in [0.717, 1.165) is 0 Å². The Bertz CT molecular complexity index is 239. The van der Waals surface area contributed by atoms with Crippen LogP contribution in [0.4, 0.5) is 0 Å². The maximum absolute atomic E-state index is 11.3. The number of carbonyl (C=O) groups is 1. The Morgan fingerprint density at radius 2 is 2.08 bits per heavy atom. The van der Waals surface area contributed by atoms with Crippen LogP contribution in [0.5, 0.6) is 0 Å². The smallest absolute Gasteiger partial charge is 0.319 e. The Morgan fingerprint density at radius 1 is 1.54 bits per heavy atom. The Morgan fingerprint density at radius 3 is 2.46 bits per heavy atom. The van der Waals surface area contributed by atoms with Gasteiger partial charge in [-0.25, -0.2) is 0 Å². The number of hydrogen-bond acceptors (Lipinski definition) is 3. The molecular formula is C10H14O3. The van der Waals surface area contributed by atoms with Gasteiger partial charge in [-0.3, -0.25) is 4.79 Å². The number of esters is 1. The Kier molecular flexibility index (Phi) is 2.88. The van der Waals surface area contributed by atoms with Crippen LogP contribution in [0.25, 0.3) is 0 Å². The van der Waals surface area contributed by atoms with Gasteiger partial charge in [0.15, 0.2) is 0 Å². The van der Waals surface area contributed by atoms with Crippen molar-refractivity contribution in [1.29, 1.82) is 0 Å². The molecule has 1 N–H and O–H groups in total. The molecule has 1 rings (SSSR count). The Hall–Kier alpha value is -1.09. The maximum Gasteiger partial charge on any atom is 0.319 e. The minimum atomic E-state index is -0.666. The lowest BCUT2D eigenvalue weighted by Crippen LogP contribution is -2.27. The Labute approximate surface area is 77.7 Å². The molecule has 1 aliphatic carbocycles. The molecule has 0 amide bonds. The lowest BCUT2D eigenvalue weighted by atomic mass is 9.84. The highest BCUT2D eigenvalue weighted by molar-refractivity contribution is 5.81. The number of ether oxygens (including phenoxy) is 1. The van der Waals surface area contributed by atoms with Crippen LogP contribution in [0.15, 0.2) is 24.3 Å². The predicted molar refractivity (Wildman–Crippen MR) is 49.0 cm³/mol. The molecule has 0 atom stereocenters. The molecule has 0 aromatic heterocycles. The van der Waals surface area contributed by atoms with Crippen molar-refractivity contribution < 1.29 is 14.6 Å². The first kappa shape index (κ1) is 9.99. The van der Waals surface area contributed by atoms with Gasteiger partial charge in [-0.05, 0) is 6.92 Å². The molecule has 0 saturated carbocycles. The second kappa shape index (κ2) is 3.75. The quantitative estimate of drug-likeness (QED) is 0.510. The summed E-state index contributed by atoms with van der Waals surface area (Å²) >= 11 is 0. The first-order chi connectivity index (χ1) is 6.12. The fraction of sp³-hybridized carbons (Fsp3) is 0.500. The molecule has 0 spiro atoms. The van der Waals surface area contributed by atoms with Gasteiger partial charge in [-0.15, -0.1) is 0 Å². The van der Waals surface area contributed by atoms with Gasteiger partial charge in [0, 0.05) is 5.92 Å². The molecule has 0 bridgehead atoms. The predicted octanol–water partition coefficient (Wildman–Crippen LogP) is 0.900. The van der Waals surface area contributed by atoms with E-state index in [4.69, 9.17) is 5.11 Å². The average molecular weight is 182 g/mol. The van der Waals surface area contributed by atoms with Crippen LogP contribution in [0.3, 0.4) is 0 Å². The summed E-state index contributed by atoms with van der Waals surface area (Å²) in [4.78, 5) is 11.3. The van der Waals surface area contributed by atoms with Gasteiger partial charge >= 0.3 is 5.97 Å². The summed E-state index contributed by atoms with van der Waals surface area (Å²) in [5.41, 5.74) is -0.666. The van der Waals surface area contributed by atoms with E-state index in [0.29, 0.717) is 0 Å². The molecule has 0 saturated heterocycles. The first-order valence-corrected chi connectivity index (χ1v) is 4.20. The molecule has 1 aliphatic rings. The van der Waals surface area contributed by atoms with Crippen LogP contribution >= 0.6 is 0 Å². The third-order valence-corrected chi connectivity index (χ3v) is 2.22. The van der Waals surface area contributed by atoms with Crippen molar-refractivity contribution in [2.45, 2.75) is 6.92 Å². The molecule has 3 nitrogen and oxygen atoms in total. The van der Waals surface area contributed by atoms with E-state index >= 15 is 0 Å². The van der Waals surface area contributed by atoms with E-state index in [-0.39, 0.29) is 18.5 Å². The van der Waals surface area contributed by atoms with E-state index in [2.05, 4.69) is 4.74 Å². The van der Waals surface area contributed by atoms with Crippen LogP contribution < -0.4 is 0 Å². The number of aliphatic hydroxyl groups excluding tert-OH is 1.